The average molecular weight is 2050 g/mol. The van der Waals surface area contributed by atoms with Crippen LogP contribution in [0.15, 0.2) is 124 Å². The number of nitrogens with one attached hydrogen (secondary N) is 5. The molecule has 18 nitrogen and oxygen atoms in total. The SMILES string of the molecule is Cc1cc(COc2c(Br)cc(CC(=O)O)cc2Br)c(F)c(NC2CCC2)c1.O=C(O)CCc1cc(Br)c(OCc2cc(Cl)cc(NC3CCC3)c2F)c(Br)c1.O=C(O)CCc1cc(Cl)c(OCc2cc(Cl)cc(NC3CCC3)c2F)c(Cl)c1.O=C(O)CNC(=O)c1cc(Br)c(OCc2cc(Cl)cc(NC3CCC3)c2F)c(Br)c1. The first-order valence-electron chi connectivity index (χ1n) is 35.6. The van der Waals surface area contributed by atoms with Crippen LogP contribution in [0.2, 0.25) is 25.1 Å². The number of carbonyl (C=O) groups is 5. The minimum atomic E-state index is -1.14. The fraction of sp³-hybridized carbons (Fsp3) is 0.338. The van der Waals surface area contributed by atoms with E-state index >= 15 is 0 Å². The van der Waals surface area contributed by atoms with Gasteiger partial charge in [0.25, 0.3) is 5.91 Å². The van der Waals surface area contributed by atoms with Crippen molar-refractivity contribution in [1.29, 1.82) is 0 Å². The first kappa shape index (κ1) is 90.5. The monoisotopic (exact) mass is 2040 g/mol. The molecule has 0 radical (unpaired) electrons. The molecular formula is C80H76Br6Cl5F4N5O13. The second-order valence-corrected chi connectivity index (χ2v) is 34.4. The third-order valence-corrected chi connectivity index (χ3v) is 23.2. The number of anilines is 4. The molecule has 0 heterocycles. The number of carboxylic acids is 4. The molecule has 4 aliphatic carbocycles. The van der Waals surface area contributed by atoms with Gasteiger partial charge in [0.2, 0.25) is 0 Å². The molecule has 4 fully saturated rings. The highest BCUT2D eigenvalue weighted by atomic mass is 79.9. The van der Waals surface area contributed by atoms with Crippen LogP contribution in [0.1, 0.15) is 145 Å². The van der Waals surface area contributed by atoms with Gasteiger partial charge in [-0.3, -0.25) is 24.0 Å². The second kappa shape index (κ2) is 43.1. The summed E-state index contributed by atoms with van der Waals surface area (Å²) in [6.07, 6.45) is 13.5. The van der Waals surface area contributed by atoms with Crippen LogP contribution in [0, 0.1) is 30.2 Å². The smallest absolute Gasteiger partial charge is 0.322 e. The molecule has 9 N–H and O–H groups in total. The van der Waals surface area contributed by atoms with Crippen LogP contribution in [-0.4, -0.2) is 80.9 Å². The molecule has 0 bridgehead atoms. The van der Waals surface area contributed by atoms with Crippen molar-refractivity contribution in [3.63, 3.8) is 0 Å². The maximum atomic E-state index is 14.9. The van der Waals surface area contributed by atoms with E-state index in [0.29, 0.717) is 135 Å². The van der Waals surface area contributed by atoms with Crippen LogP contribution >= 0.6 is 154 Å². The van der Waals surface area contributed by atoms with E-state index in [1.807, 2.05) is 13.0 Å². The minimum Gasteiger partial charge on any atom is -0.486 e. The lowest BCUT2D eigenvalue weighted by Gasteiger charge is -2.28. The average Bonchev–Trinajstić information content (AvgIpc) is 0.819. The molecule has 33 heteroatoms. The molecular weight excluding hydrogens is 1970 g/mol. The van der Waals surface area contributed by atoms with Gasteiger partial charge in [-0.2, -0.15) is 0 Å². The fourth-order valence-corrected chi connectivity index (χ4v) is 17.5. The number of rotatable bonds is 31. The number of aliphatic carboxylic acids is 4. The van der Waals surface area contributed by atoms with Crippen molar-refractivity contribution in [2.45, 2.75) is 167 Å². The Labute approximate surface area is 725 Å². The van der Waals surface area contributed by atoms with Crippen LogP contribution in [0.5, 0.6) is 23.0 Å². The van der Waals surface area contributed by atoms with Gasteiger partial charge in [0.1, 0.15) is 50.2 Å². The third-order valence-electron chi connectivity index (χ3n) is 18.4. The van der Waals surface area contributed by atoms with Crippen molar-refractivity contribution >= 4 is 206 Å². The molecule has 0 aliphatic heterocycles. The van der Waals surface area contributed by atoms with Crippen LogP contribution in [-0.2, 0) is 64.9 Å². The minimum absolute atomic E-state index is 0.0113. The summed E-state index contributed by atoms with van der Waals surface area (Å²) >= 11 is 51.3. The molecule has 1 amide bonds. The normalized spacial score (nSPS) is 13.8. The van der Waals surface area contributed by atoms with Crippen LogP contribution in [0.3, 0.4) is 0 Å². The molecule has 12 rings (SSSR count). The molecule has 113 heavy (non-hydrogen) atoms. The Balaban J connectivity index is 0.000000173. The van der Waals surface area contributed by atoms with Crippen molar-refractivity contribution in [3.8, 4) is 23.0 Å². The molecule has 604 valence electrons. The Morgan fingerprint density at radius 1 is 0.389 bits per heavy atom. The molecule has 0 spiro atoms. The Morgan fingerprint density at radius 3 is 1.00 bits per heavy atom. The zero-order valence-corrected chi connectivity index (χ0v) is 73.5. The number of aryl methyl sites for hydroxylation is 3. The molecule has 0 unspecified atom stereocenters. The highest BCUT2D eigenvalue weighted by molar-refractivity contribution is 9.12. The summed E-state index contributed by atoms with van der Waals surface area (Å²) in [5.74, 6) is -4.21. The summed E-state index contributed by atoms with van der Waals surface area (Å²) in [6.45, 7) is 1.35. The Hall–Kier alpha value is -6.44. The molecule has 8 aromatic carbocycles. The number of halogens is 15. The van der Waals surface area contributed by atoms with E-state index in [0.717, 1.165) is 81.8 Å². The fourth-order valence-electron chi connectivity index (χ4n) is 11.7. The van der Waals surface area contributed by atoms with Gasteiger partial charge in [-0.15, -0.1) is 0 Å². The van der Waals surface area contributed by atoms with Gasteiger partial charge in [0.15, 0.2) is 29.0 Å². The first-order valence-corrected chi connectivity index (χ1v) is 42.3. The standard InChI is InChI=1S/C20H18Br2ClFN2O4.C20H19Br2ClFNO3.C20H20Br2FNO3.C20H19Cl3FNO3/c21-14-5-10(20(29)25-8-17(27)28)6-15(22)19(14)30-9-11-4-12(23)7-16(18(11)24)26-13-2-1-3-13;21-15-6-11(4-5-18(26)27)7-16(22)20(15)28-10-12-8-13(23)9-17(19(12)24)25-14-2-1-3-14;1-11-5-13(19(23)17(6-11)24-14-3-2-4-14)10-27-20-15(21)7-12(8-16(20)22)9-18(25)26;21-13-8-12(19(24)17(9-13)25-14-2-1-3-14)10-28-20-15(22)6-11(7-16(20)23)4-5-18(26)27/h4-7,13,26H,1-3,8-9H2,(H,25,29)(H,27,28);6-9,14,25H,1-5,10H2,(H,26,27);5-8,14,24H,2-4,9-10H2,1H3,(H,25,26);6-9,14,25H,1-5,10H2,(H,26,27). The number of hydrogen-bond donors (Lipinski definition) is 9. The van der Waals surface area contributed by atoms with Gasteiger partial charge in [0, 0.05) is 79.9 Å². The van der Waals surface area contributed by atoms with E-state index in [4.69, 9.17) is 97.4 Å². The van der Waals surface area contributed by atoms with Crippen molar-refractivity contribution in [1.82, 2.24) is 5.32 Å². The predicted octanol–water partition coefficient (Wildman–Crippen LogP) is 24.1. The Bertz CT molecular complexity index is 4580. The maximum Gasteiger partial charge on any atom is 0.322 e. The molecule has 0 atom stereocenters. The lowest BCUT2D eigenvalue weighted by Crippen LogP contribution is -2.29. The highest BCUT2D eigenvalue weighted by Gasteiger charge is 2.27. The number of benzene rings is 8. The summed E-state index contributed by atoms with van der Waals surface area (Å²) < 4.78 is 85.9. The summed E-state index contributed by atoms with van der Waals surface area (Å²) in [5, 5.41) is 52.0. The first-order chi connectivity index (χ1) is 53.7. The lowest BCUT2D eigenvalue weighted by molar-refractivity contribution is -0.138. The molecule has 0 aromatic heterocycles. The summed E-state index contributed by atoms with van der Waals surface area (Å²) in [6, 6.07) is 27.3. The van der Waals surface area contributed by atoms with Gasteiger partial charge in [0.05, 0.1) is 66.1 Å². The van der Waals surface area contributed by atoms with E-state index in [2.05, 4.69) is 122 Å². The lowest BCUT2D eigenvalue weighted by atomic mass is 9.92. The summed E-state index contributed by atoms with van der Waals surface area (Å²) in [7, 11) is 0. The zero-order valence-electron chi connectivity index (χ0n) is 60.2. The number of carboxylic acid groups (broad SMARTS) is 4. The maximum absolute atomic E-state index is 14.9. The van der Waals surface area contributed by atoms with Gasteiger partial charge >= 0.3 is 23.9 Å². The highest BCUT2D eigenvalue weighted by Crippen LogP contribution is 2.42. The number of amides is 1. The molecule has 4 aliphatic rings. The quantitative estimate of drug-likeness (QED) is 0.0183. The summed E-state index contributed by atoms with van der Waals surface area (Å²) in [4.78, 5) is 55.0. The van der Waals surface area contributed by atoms with Crippen LogP contribution < -0.4 is 45.5 Å². The van der Waals surface area contributed by atoms with Crippen molar-refractivity contribution in [2.75, 3.05) is 27.8 Å². The van der Waals surface area contributed by atoms with E-state index in [1.54, 1.807) is 66.7 Å². The van der Waals surface area contributed by atoms with Crippen LogP contribution in [0.4, 0.5) is 40.3 Å². The Kier molecular flexibility index (Phi) is 34.5. The van der Waals surface area contributed by atoms with Gasteiger partial charge in [-0.1, -0.05) is 58.0 Å². The van der Waals surface area contributed by atoms with E-state index in [9.17, 15) is 41.5 Å². The van der Waals surface area contributed by atoms with E-state index in [-0.39, 0.29) is 96.3 Å². The number of ether oxygens (including phenoxy) is 4. The predicted molar refractivity (Wildman–Crippen MR) is 453 cm³/mol. The summed E-state index contributed by atoms with van der Waals surface area (Å²) in [5.41, 5.74) is 6.45. The topological polar surface area (TPSA) is 263 Å². The van der Waals surface area contributed by atoms with Gasteiger partial charge in [-0.25, -0.2) is 17.6 Å². The Morgan fingerprint density at radius 2 is 0.690 bits per heavy atom. The van der Waals surface area contributed by atoms with Gasteiger partial charge < -0.3 is 66.0 Å². The van der Waals surface area contributed by atoms with Crippen LogP contribution in [0.25, 0.3) is 0 Å². The molecule has 0 saturated heterocycles. The number of hydrogen-bond acceptors (Lipinski definition) is 13. The van der Waals surface area contributed by atoms with Crippen molar-refractivity contribution in [3.05, 3.63) is 222 Å². The zero-order chi connectivity index (χ0) is 81.9. The van der Waals surface area contributed by atoms with Gasteiger partial charge in [-0.05, 0) is 312 Å². The third kappa shape index (κ3) is 27.1. The van der Waals surface area contributed by atoms with E-state index < -0.39 is 48.0 Å². The molecule has 8 aromatic rings. The number of carbonyl (C=O) groups excluding carboxylic acids is 1. The second-order valence-electron chi connectivity index (χ2n) is 27.2. The van der Waals surface area contributed by atoms with E-state index in [1.165, 1.54) is 30.7 Å². The largest absolute Gasteiger partial charge is 0.486 e. The van der Waals surface area contributed by atoms with Crippen molar-refractivity contribution < 1.29 is 80.9 Å². The molecule has 4 saturated carbocycles. The van der Waals surface area contributed by atoms with Crippen molar-refractivity contribution in [2.24, 2.45) is 0 Å².